The Balaban J connectivity index is 0.000000293. The highest BCUT2D eigenvalue weighted by Crippen LogP contribution is 2.12. The maximum Gasteiger partial charge on any atom is 0.204 e. The number of hydrogen-bond donors (Lipinski definition) is 1. The summed E-state index contributed by atoms with van der Waals surface area (Å²) < 4.78 is 2.09. The second kappa shape index (κ2) is 4.41. The van der Waals surface area contributed by atoms with Crippen LogP contribution in [0.15, 0.2) is 24.3 Å². The van der Waals surface area contributed by atoms with Crippen LogP contribution < -0.4 is 5.73 Å². The standard InChI is InChI=1S/C9H10N2.CH3NO/c1-7-10-8-5-3-4-6-9(8)11(7)2;2-1-3/h3-6H,1-2H3;1H,(H2,2,3). The molecule has 1 amide bonds. The number of imidazole rings is 1. The highest BCUT2D eigenvalue weighted by atomic mass is 16.1. The SMILES string of the molecule is Cc1nc2ccccc2n1C.NC=O. The van der Waals surface area contributed by atoms with Gasteiger partial charge in [0.25, 0.3) is 0 Å². The minimum Gasteiger partial charge on any atom is -0.372 e. The molecule has 74 valence electrons. The maximum absolute atomic E-state index is 8.58. The Morgan fingerprint density at radius 2 is 2.00 bits per heavy atom. The molecule has 1 heterocycles. The van der Waals surface area contributed by atoms with E-state index in [0.29, 0.717) is 0 Å². The van der Waals surface area contributed by atoms with Crippen LogP contribution in [0.1, 0.15) is 5.82 Å². The van der Waals surface area contributed by atoms with E-state index < -0.39 is 0 Å². The minimum atomic E-state index is 0.250. The normalized spacial score (nSPS) is 9.29. The molecule has 0 spiro atoms. The molecule has 0 aliphatic carbocycles. The lowest BCUT2D eigenvalue weighted by Crippen LogP contribution is -1.89. The van der Waals surface area contributed by atoms with Crippen LogP contribution in [0.4, 0.5) is 0 Å². The molecule has 14 heavy (non-hydrogen) atoms. The average Bonchev–Trinajstić information content (AvgIpc) is 2.45. The maximum atomic E-state index is 8.58. The summed E-state index contributed by atoms with van der Waals surface area (Å²) in [4.78, 5) is 13.0. The van der Waals surface area contributed by atoms with Gasteiger partial charge in [0, 0.05) is 7.05 Å². The largest absolute Gasteiger partial charge is 0.372 e. The van der Waals surface area contributed by atoms with Gasteiger partial charge in [-0.3, -0.25) is 4.79 Å². The molecule has 0 saturated carbocycles. The highest BCUT2D eigenvalue weighted by Gasteiger charge is 2.00. The van der Waals surface area contributed by atoms with Crippen molar-refractivity contribution in [3.63, 3.8) is 0 Å². The molecule has 1 aromatic carbocycles. The molecular weight excluding hydrogens is 178 g/mol. The van der Waals surface area contributed by atoms with Crippen LogP contribution in [-0.4, -0.2) is 16.0 Å². The Labute approximate surface area is 82.4 Å². The van der Waals surface area contributed by atoms with E-state index in [1.54, 1.807) is 0 Å². The van der Waals surface area contributed by atoms with Gasteiger partial charge in [-0.1, -0.05) is 12.1 Å². The van der Waals surface area contributed by atoms with Crippen molar-refractivity contribution >= 4 is 17.4 Å². The lowest BCUT2D eigenvalue weighted by atomic mass is 10.3. The number of amides is 1. The van der Waals surface area contributed by atoms with Crippen LogP contribution in [0.25, 0.3) is 11.0 Å². The van der Waals surface area contributed by atoms with E-state index in [2.05, 4.69) is 21.4 Å². The summed E-state index contributed by atoms with van der Waals surface area (Å²) in [6.07, 6.45) is 0.250. The Hall–Kier alpha value is -1.84. The predicted molar refractivity (Wildman–Crippen MR) is 55.7 cm³/mol. The Kier molecular flexibility index (Phi) is 3.23. The molecule has 0 aliphatic rings. The number of fused-ring (bicyclic) bond motifs is 1. The molecule has 2 rings (SSSR count). The third-order valence-electron chi connectivity index (χ3n) is 2.01. The van der Waals surface area contributed by atoms with Gasteiger partial charge in [0.2, 0.25) is 6.41 Å². The molecule has 0 atom stereocenters. The van der Waals surface area contributed by atoms with Crippen molar-refractivity contribution in [1.29, 1.82) is 0 Å². The van der Waals surface area contributed by atoms with Gasteiger partial charge in [-0.25, -0.2) is 4.98 Å². The van der Waals surface area contributed by atoms with E-state index in [0.717, 1.165) is 11.3 Å². The van der Waals surface area contributed by atoms with Crippen LogP contribution >= 0.6 is 0 Å². The first-order valence-corrected chi connectivity index (χ1v) is 4.24. The zero-order valence-electron chi connectivity index (χ0n) is 8.27. The van der Waals surface area contributed by atoms with Crippen LogP contribution in [0.2, 0.25) is 0 Å². The minimum absolute atomic E-state index is 0.250. The molecule has 0 unspecified atom stereocenters. The number of primary amides is 1. The van der Waals surface area contributed by atoms with Crippen molar-refractivity contribution in [2.75, 3.05) is 0 Å². The summed E-state index contributed by atoms with van der Waals surface area (Å²) in [5, 5.41) is 0. The smallest absolute Gasteiger partial charge is 0.204 e. The fourth-order valence-corrected chi connectivity index (χ4v) is 1.27. The summed E-state index contributed by atoms with van der Waals surface area (Å²) in [6, 6.07) is 8.15. The van der Waals surface area contributed by atoms with Gasteiger partial charge >= 0.3 is 0 Å². The first-order valence-electron chi connectivity index (χ1n) is 4.24. The molecule has 1 aromatic heterocycles. The number of benzene rings is 1. The van der Waals surface area contributed by atoms with Gasteiger partial charge in [-0.05, 0) is 19.1 Å². The summed E-state index contributed by atoms with van der Waals surface area (Å²) in [6.45, 7) is 2.01. The molecule has 0 fully saturated rings. The third kappa shape index (κ3) is 1.90. The van der Waals surface area contributed by atoms with E-state index >= 15 is 0 Å². The van der Waals surface area contributed by atoms with E-state index in [1.807, 2.05) is 32.2 Å². The first-order chi connectivity index (χ1) is 6.70. The Morgan fingerprint density at radius 1 is 1.43 bits per heavy atom. The van der Waals surface area contributed by atoms with Gasteiger partial charge in [0.1, 0.15) is 5.82 Å². The van der Waals surface area contributed by atoms with Crippen molar-refractivity contribution in [3.05, 3.63) is 30.1 Å². The number of nitrogens with zero attached hydrogens (tertiary/aromatic N) is 2. The van der Waals surface area contributed by atoms with Crippen LogP contribution in [0.5, 0.6) is 0 Å². The second-order valence-electron chi connectivity index (χ2n) is 2.84. The number of carbonyl (C=O) groups is 1. The third-order valence-corrected chi connectivity index (χ3v) is 2.01. The summed E-state index contributed by atoms with van der Waals surface area (Å²) in [5.74, 6) is 1.06. The fraction of sp³-hybridized carbons (Fsp3) is 0.200. The average molecular weight is 191 g/mol. The topological polar surface area (TPSA) is 60.9 Å². The van der Waals surface area contributed by atoms with Crippen LogP contribution in [-0.2, 0) is 11.8 Å². The van der Waals surface area contributed by atoms with Crippen molar-refractivity contribution in [3.8, 4) is 0 Å². The Morgan fingerprint density at radius 3 is 2.57 bits per heavy atom. The molecule has 4 nitrogen and oxygen atoms in total. The van der Waals surface area contributed by atoms with Crippen molar-refractivity contribution in [1.82, 2.24) is 9.55 Å². The number of para-hydroxylation sites is 2. The molecule has 0 saturated heterocycles. The lowest BCUT2D eigenvalue weighted by Gasteiger charge is -1.93. The van der Waals surface area contributed by atoms with E-state index in [9.17, 15) is 0 Å². The van der Waals surface area contributed by atoms with E-state index in [1.165, 1.54) is 5.52 Å². The molecular formula is C10H13N3O. The quantitative estimate of drug-likeness (QED) is 0.631. The van der Waals surface area contributed by atoms with Crippen molar-refractivity contribution < 1.29 is 4.79 Å². The molecule has 4 heteroatoms. The number of carbonyl (C=O) groups excluding carboxylic acids is 1. The lowest BCUT2D eigenvalue weighted by molar-refractivity contribution is -0.106. The van der Waals surface area contributed by atoms with Gasteiger partial charge in [0.15, 0.2) is 0 Å². The predicted octanol–water partition coefficient (Wildman–Crippen LogP) is 0.983. The van der Waals surface area contributed by atoms with Gasteiger partial charge in [0.05, 0.1) is 11.0 Å². The number of aromatic nitrogens is 2. The monoisotopic (exact) mass is 191 g/mol. The van der Waals surface area contributed by atoms with Gasteiger partial charge in [-0.2, -0.15) is 0 Å². The summed E-state index contributed by atoms with van der Waals surface area (Å²) in [7, 11) is 2.03. The number of rotatable bonds is 0. The molecule has 0 bridgehead atoms. The fourth-order valence-electron chi connectivity index (χ4n) is 1.27. The highest BCUT2D eigenvalue weighted by molar-refractivity contribution is 5.75. The van der Waals surface area contributed by atoms with Crippen molar-refractivity contribution in [2.45, 2.75) is 6.92 Å². The van der Waals surface area contributed by atoms with E-state index in [4.69, 9.17) is 4.79 Å². The van der Waals surface area contributed by atoms with Gasteiger partial charge in [-0.15, -0.1) is 0 Å². The summed E-state index contributed by atoms with van der Waals surface area (Å²) >= 11 is 0. The zero-order valence-corrected chi connectivity index (χ0v) is 8.27. The number of hydrogen-bond acceptors (Lipinski definition) is 2. The van der Waals surface area contributed by atoms with E-state index in [-0.39, 0.29) is 6.41 Å². The number of nitrogens with two attached hydrogens (primary N) is 1. The Bertz CT molecular complexity index is 434. The first kappa shape index (κ1) is 10.2. The zero-order chi connectivity index (χ0) is 10.6. The molecule has 2 N–H and O–H groups in total. The van der Waals surface area contributed by atoms with Gasteiger partial charge < -0.3 is 10.3 Å². The van der Waals surface area contributed by atoms with Crippen LogP contribution in [0.3, 0.4) is 0 Å². The number of aryl methyl sites for hydroxylation is 2. The summed E-state index contributed by atoms with van der Waals surface area (Å²) in [5.41, 5.74) is 6.44. The molecule has 0 radical (unpaired) electrons. The van der Waals surface area contributed by atoms with Crippen LogP contribution in [0, 0.1) is 6.92 Å². The molecule has 2 aromatic rings. The molecule has 0 aliphatic heterocycles. The second-order valence-corrected chi connectivity index (χ2v) is 2.84. The van der Waals surface area contributed by atoms with Crippen molar-refractivity contribution in [2.24, 2.45) is 12.8 Å².